The summed E-state index contributed by atoms with van der Waals surface area (Å²) in [6.07, 6.45) is 0. The molecule has 0 nitrogen and oxygen atoms in total. The van der Waals surface area contributed by atoms with Gasteiger partial charge in [0.2, 0.25) is 0 Å². The van der Waals surface area contributed by atoms with E-state index < -0.39 is 8.80 Å². The Morgan fingerprint density at radius 1 is 0.600 bits per heavy atom. The van der Waals surface area contributed by atoms with Gasteiger partial charge in [0.05, 0.1) is 0 Å². The van der Waals surface area contributed by atoms with Gasteiger partial charge in [0.25, 0.3) is 0 Å². The molecule has 1 unspecified atom stereocenters. The molecule has 0 saturated heterocycles. The van der Waals surface area contributed by atoms with Crippen LogP contribution in [0, 0.1) is 0 Å². The zero-order valence-electron chi connectivity index (χ0n) is 11.3. The van der Waals surface area contributed by atoms with Gasteiger partial charge >= 0.3 is 0 Å². The van der Waals surface area contributed by atoms with Gasteiger partial charge in [0, 0.05) is 0 Å². The fourth-order valence-corrected chi connectivity index (χ4v) is 6.59. The number of rotatable bonds is 1. The lowest BCUT2D eigenvalue weighted by atomic mass is 10.00. The van der Waals surface area contributed by atoms with E-state index in [2.05, 4.69) is 78.9 Å². The molecule has 0 aromatic heterocycles. The van der Waals surface area contributed by atoms with Crippen molar-refractivity contribution in [1.82, 2.24) is 0 Å². The van der Waals surface area contributed by atoms with E-state index in [1.54, 1.807) is 10.4 Å². The minimum Gasteiger partial charge on any atom is -0.0629 e. The van der Waals surface area contributed by atoms with Gasteiger partial charge in [-0.05, 0) is 27.9 Å². The number of benzene rings is 3. The average Bonchev–Trinajstić information content (AvgIpc) is 2.55. The Hall–Kier alpha value is -2.12. The highest BCUT2D eigenvalue weighted by atomic mass is 28.3. The molecule has 0 aliphatic carbocycles. The van der Waals surface area contributed by atoms with Crippen molar-refractivity contribution >= 4 is 19.2 Å². The van der Waals surface area contributed by atoms with Gasteiger partial charge < -0.3 is 0 Å². The molecule has 3 aromatic rings. The van der Waals surface area contributed by atoms with E-state index in [0.29, 0.717) is 0 Å². The monoisotopic (exact) mass is 272 g/mol. The third-order valence-electron chi connectivity index (χ3n) is 4.27. The third kappa shape index (κ3) is 1.83. The summed E-state index contributed by atoms with van der Waals surface area (Å²) >= 11 is 0. The molecule has 0 amide bonds. The lowest BCUT2D eigenvalue weighted by molar-refractivity contribution is 1.35. The van der Waals surface area contributed by atoms with Crippen LogP contribution in [0.25, 0.3) is 11.1 Å². The van der Waals surface area contributed by atoms with Crippen molar-refractivity contribution in [2.75, 3.05) is 0 Å². The Labute approximate surface area is 121 Å². The second kappa shape index (κ2) is 4.77. The minimum absolute atomic E-state index is 1.12. The highest BCUT2D eigenvalue weighted by Gasteiger charge is 2.26. The van der Waals surface area contributed by atoms with Crippen LogP contribution in [-0.4, -0.2) is 8.80 Å². The molecule has 0 spiro atoms. The fourth-order valence-electron chi connectivity index (χ4n) is 3.32. The molecule has 96 valence electrons. The normalized spacial score (nSPS) is 16.3. The van der Waals surface area contributed by atoms with E-state index in [9.17, 15) is 0 Å². The van der Waals surface area contributed by atoms with Crippen molar-refractivity contribution in [2.45, 2.75) is 6.04 Å². The first-order valence-electron chi connectivity index (χ1n) is 7.15. The standard InChI is InChI=1S/C19H16Si/c1-2-9-16(10-3-1)20-14-15-8-4-5-11-17(15)18-12-6-7-13-19(18)20/h1-13,20H,14H2. The van der Waals surface area contributed by atoms with Gasteiger partial charge in [-0.25, -0.2) is 0 Å². The summed E-state index contributed by atoms with van der Waals surface area (Å²) in [4.78, 5) is 0. The first-order chi connectivity index (χ1) is 9.93. The molecule has 20 heavy (non-hydrogen) atoms. The summed E-state index contributed by atoms with van der Waals surface area (Å²) in [5.41, 5.74) is 4.41. The van der Waals surface area contributed by atoms with Gasteiger partial charge in [-0.2, -0.15) is 0 Å². The molecule has 1 heteroatoms. The summed E-state index contributed by atoms with van der Waals surface area (Å²) in [6.45, 7) is 0. The van der Waals surface area contributed by atoms with Crippen LogP contribution in [0.4, 0.5) is 0 Å². The molecule has 3 aromatic carbocycles. The molecular formula is C19H16Si. The molecule has 1 atom stereocenters. The van der Waals surface area contributed by atoms with Gasteiger partial charge in [0.15, 0.2) is 0 Å². The van der Waals surface area contributed by atoms with Gasteiger partial charge in [0.1, 0.15) is 8.80 Å². The summed E-state index contributed by atoms with van der Waals surface area (Å²) in [7, 11) is -1.12. The number of fused-ring (bicyclic) bond motifs is 3. The van der Waals surface area contributed by atoms with Crippen LogP contribution in [0.1, 0.15) is 5.56 Å². The predicted octanol–water partition coefficient (Wildman–Crippen LogP) is 2.79. The quantitative estimate of drug-likeness (QED) is 0.598. The smallest absolute Gasteiger partial charge is 0.0629 e. The van der Waals surface area contributed by atoms with Crippen LogP contribution in [0.2, 0.25) is 0 Å². The second-order valence-electron chi connectivity index (χ2n) is 5.41. The SMILES string of the molecule is c1ccc([SiH]2Cc3ccccc3-c3ccccc32)cc1. The van der Waals surface area contributed by atoms with E-state index in [0.717, 1.165) is 0 Å². The van der Waals surface area contributed by atoms with Crippen LogP contribution >= 0.6 is 0 Å². The van der Waals surface area contributed by atoms with E-state index in [-0.39, 0.29) is 0 Å². The molecule has 4 rings (SSSR count). The maximum Gasteiger partial charge on any atom is 0.108 e. The Balaban J connectivity index is 1.93. The molecular weight excluding hydrogens is 256 g/mol. The average molecular weight is 272 g/mol. The van der Waals surface area contributed by atoms with Crippen LogP contribution < -0.4 is 10.4 Å². The van der Waals surface area contributed by atoms with Crippen LogP contribution in [0.15, 0.2) is 78.9 Å². The number of hydrogen-bond acceptors (Lipinski definition) is 0. The van der Waals surface area contributed by atoms with Crippen LogP contribution in [0.3, 0.4) is 0 Å². The Kier molecular flexibility index (Phi) is 2.78. The lowest BCUT2D eigenvalue weighted by Gasteiger charge is -2.27. The molecule has 0 bridgehead atoms. The number of hydrogen-bond donors (Lipinski definition) is 0. The topological polar surface area (TPSA) is 0 Å². The van der Waals surface area contributed by atoms with E-state index in [1.165, 1.54) is 22.7 Å². The van der Waals surface area contributed by atoms with E-state index in [4.69, 9.17) is 0 Å². The van der Waals surface area contributed by atoms with Crippen molar-refractivity contribution < 1.29 is 0 Å². The maximum absolute atomic E-state index is 2.34. The van der Waals surface area contributed by atoms with Crippen LogP contribution in [0.5, 0.6) is 0 Å². The summed E-state index contributed by atoms with van der Waals surface area (Å²) < 4.78 is 0. The highest BCUT2D eigenvalue weighted by Crippen LogP contribution is 2.27. The predicted molar refractivity (Wildman–Crippen MR) is 88.4 cm³/mol. The first-order valence-corrected chi connectivity index (χ1v) is 9.13. The van der Waals surface area contributed by atoms with Gasteiger partial charge in [-0.15, -0.1) is 0 Å². The maximum atomic E-state index is 2.34. The summed E-state index contributed by atoms with van der Waals surface area (Å²) in [5.74, 6) is 0. The fraction of sp³-hybridized carbons (Fsp3) is 0.0526. The van der Waals surface area contributed by atoms with Crippen molar-refractivity contribution in [2.24, 2.45) is 0 Å². The van der Waals surface area contributed by atoms with Crippen molar-refractivity contribution in [1.29, 1.82) is 0 Å². The Bertz CT molecular complexity index is 746. The van der Waals surface area contributed by atoms with E-state index >= 15 is 0 Å². The first kappa shape index (κ1) is 11.7. The Morgan fingerprint density at radius 2 is 1.25 bits per heavy atom. The van der Waals surface area contributed by atoms with Gasteiger partial charge in [-0.1, -0.05) is 84.0 Å². The molecule has 0 radical (unpaired) electrons. The zero-order chi connectivity index (χ0) is 13.4. The second-order valence-corrected chi connectivity index (χ2v) is 8.21. The largest absolute Gasteiger partial charge is 0.108 e. The molecule has 1 aliphatic rings. The van der Waals surface area contributed by atoms with Crippen molar-refractivity contribution in [3.8, 4) is 11.1 Å². The molecule has 0 saturated carbocycles. The summed E-state index contributed by atoms with van der Waals surface area (Å²) in [5, 5.41) is 3.15. The highest BCUT2D eigenvalue weighted by molar-refractivity contribution is 6.86. The summed E-state index contributed by atoms with van der Waals surface area (Å²) in [6, 6.07) is 30.2. The zero-order valence-corrected chi connectivity index (χ0v) is 12.4. The van der Waals surface area contributed by atoms with Crippen molar-refractivity contribution in [3.05, 3.63) is 84.4 Å². The van der Waals surface area contributed by atoms with Gasteiger partial charge in [-0.3, -0.25) is 0 Å². The molecule has 0 fully saturated rings. The third-order valence-corrected chi connectivity index (χ3v) is 7.56. The lowest BCUT2D eigenvalue weighted by Crippen LogP contribution is -2.47. The molecule has 1 aliphatic heterocycles. The Morgan fingerprint density at radius 3 is 2.10 bits per heavy atom. The van der Waals surface area contributed by atoms with E-state index in [1.807, 2.05) is 0 Å². The van der Waals surface area contributed by atoms with Crippen LogP contribution in [-0.2, 0) is 6.04 Å². The minimum atomic E-state index is -1.12. The molecule has 1 heterocycles. The van der Waals surface area contributed by atoms with Crippen molar-refractivity contribution in [3.63, 3.8) is 0 Å². The molecule has 0 N–H and O–H groups in total.